The van der Waals surface area contributed by atoms with Crippen LogP contribution in [0.4, 0.5) is 4.79 Å². The molecule has 0 radical (unpaired) electrons. The first kappa shape index (κ1) is 12.6. The third-order valence-electron chi connectivity index (χ3n) is 2.16. The molecule has 1 rings (SSSR count). The smallest absolute Gasteiger partial charge is 0.410 e. The van der Waals surface area contributed by atoms with Crippen molar-refractivity contribution in [2.24, 2.45) is 0 Å². The standard InChI is InChI=1S/C10H19NO3S/c1-5-15(13)8-6-11(7-8)9(12)14-10(2,3)4/h8H,5-7H2,1-4H3. The Balaban J connectivity index is 2.30. The highest BCUT2D eigenvalue weighted by molar-refractivity contribution is 7.92. The Hall–Kier alpha value is -0.420. The van der Waals surface area contributed by atoms with Crippen LogP contribution >= 0.6 is 0 Å². The summed E-state index contributed by atoms with van der Waals surface area (Å²) in [5, 5.41) is 0.141. The van der Waals surface area contributed by atoms with Crippen molar-refractivity contribution in [3.8, 4) is 0 Å². The van der Waals surface area contributed by atoms with Crippen molar-refractivity contribution >= 4 is 17.3 Å². The van der Waals surface area contributed by atoms with Crippen molar-refractivity contribution in [1.29, 1.82) is 0 Å². The first-order chi connectivity index (χ1) is 6.83. The monoisotopic (exact) mass is 233 g/mol. The van der Waals surface area contributed by atoms with Crippen LogP contribution in [0.15, 0.2) is 0 Å². The zero-order chi connectivity index (χ0) is 11.6. The molecule has 88 valence electrons. The van der Waals surface area contributed by atoms with E-state index in [4.69, 9.17) is 4.74 Å². The number of likely N-dealkylation sites (tertiary alicyclic amines) is 1. The summed E-state index contributed by atoms with van der Waals surface area (Å²) in [6.45, 7) is 8.54. The molecule has 1 heterocycles. The Morgan fingerprint density at radius 2 is 2.07 bits per heavy atom. The molecule has 1 saturated heterocycles. The first-order valence-corrected chi connectivity index (χ1v) is 6.57. The molecule has 5 heteroatoms. The van der Waals surface area contributed by atoms with Crippen molar-refractivity contribution in [3.63, 3.8) is 0 Å². The van der Waals surface area contributed by atoms with E-state index in [9.17, 15) is 9.35 Å². The third-order valence-corrected chi connectivity index (χ3v) is 3.77. The van der Waals surface area contributed by atoms with E-state index in [0.717, 1.165) is 0 Å². The summed E-state index contributed by atoms with van der Waals surface area (Å²) in [5.74, 6) is 0.660. The van der Waals surface area contributed by atoms with Crippen LogP contribution in [0.5, 0.6) is 0 Å². The SMILES string of the molecule is CC[S+]([O-])C1CN(C(=O)OC(C)(C)C)C1. The molecule has 15 heavy (non-hydrogen) atoms. The lowest BCUT2D eigenvalue weighted by atomic mass is 10.2. The summed E-state index contributed by atoms with van der Waals surface area (Å²) in [4.78, 5) is 13.1. The van der Waals surface area contributed by atoms with Crippen LogP contribution in [-0.4, -0.2) is 45.2 Å². The van der Waals surface area contributed by atoms with E-state index < -0.39 is 16.8 Å². The summed E-state index contributed by atoms with van der Waals surface area (Å²) in [6.07, 6.45) is -0.299. The predicted molar refractivity (Wildman–Crippen MR) is 60.3 cm³/mol. The zero-order valence-corrected chi connectivity index (χ0v) is 10.6. The van der Waals surface area contributed by atoms with E-state index in [-0.39, 0.29) is 11.3 Å². The Morgan fingerprint density at radius 3 is 2.47 bits per heavy atom. The number of rotatable bonds is 2. The van der Waals surface area contributed by atoms with Gasteiger partial charge in [0.1, 0.15) is 11.4 Å². The van der Waals surface area contributed by atoms with Gasteiger partial charge in [-0.15, -0.1) is 0 Å². The van der Waals surface area contributed by atoms with Crippen LogP contribution in [0, 0.1) is 0 Å². The number of hydrogen-bond acceptors (Lipinski definition) is 3. The van der Waals surface area contributed by atoms with Crippen LogP contribution in [0.1, 0.15) is 27.7 Å². The van der Waals surface area contributed by atoms with Crippen molar-refractivity contribution in [1.82, 2.24) is 4.90 Å². The van der Waals surface area contributed by atoms with Gasteiger partial charge >= 0.3 is 6.09 Å². The van der Waals surface area contributed by atoms with Gasteiger partial charge in [-0.1, -0.05) is 0 Å². The quantitative estimate of drug-likeness (QED) is 0.677. The summed E-state index contributed by atoms with van der Waals surface area (Å²) in [7, 11) is 0. The molecule has 0 saturated carbocycles. The fourth-order valence-electron chi connectivity index (χ4n) is 1.32. The fourth-order valence-corrected chi connectivity index (χ4v) is 2.48. The van der Waals surface area contributed by atoms with Crippen molar-refractivity contribution in [2.45, 2.75) is 38.5 Å². The lowest BCUT2D eigenvalue weighted by Crippen LogP contribution is -2.58. The molecular weight excluding hydrogens is 214 g/mol. The lowest BCUT2D eigenvalue weighted by molar-refractivity contribution is 0.0139. The van der Waals surface area contributed by atoms with Crippen molar-refractivity contribution < 1.29 is 14.1 Å². The molecule has 1 amide bonds. The number of amides is 1. The van der Waals surface area contributed by atoms with Gasteiger partial charge in [-0.05, 0) is 38.9 Å². The van der Waals surface area contributed by atoms with Crippen molar-refractivity contribution in [3.05, 3.63) is 0 Å². The minimum absolute atomic E-state index is 0.141. The van der Waals surface area contributed by atoms with Gasteiger partial charge in [-0.3, -0.25) is 4.90 Å². The van der Waals surface area contributed by atoms with Crippen LogP contribution in [0.25, 0.3) is 0 Å². The Morgan fingerprint density at radius 1 is 1.53 bits per heavy atom. The molecule has 1 unspecified atom stereocenters. The van der Waals surface area contributed by atoms with Gasteiger partial charge in [0.2, 0.25) is 0 Å². The predicted octanol–water partition coefficient (Wildman–Crippen LogP) is 1.37. The second kappa shape index (κ2) is 4.61. The van der Waals surface area contributed by atoms with E-state index in [1.807, 2.05) is 27.7 Å². The van der Waals surface area contributed by atoms with E-state index in [2.05, 4.69) is 0 Å². The first-order valence-electron chi connectivity index (χ1n) is 5.18. The maximum absolute atomic E-state index is 11.5. The zero-order valence-electron chi connectivity index (χ0n) is 9.78. The second-order valence-corrected chi connectivity index (χ2v) is 6.68. The van der Waals surface area contributed by atoms with Gasteiger partial charge in [-0.2, -0.15) is 0 Å². The maximum Gasteiger partial charge on any atom is 0.410 e. The average Bonchev–Trinajstić information content (AvgIpc) is 1.97. The highest BCUT2D eigenvalue weighted by atomic mass is 32.2. The van der Waals surface area contributed by atoms with E-state index in [1.165, 1.54) is 0 Å². The normalized spacial score (nSPS) is 19.7. The number of nitrogens with zero attached hydrogens (tertiary/aromatic N) is 1. The van der Waals surface area contributed by atoms with Gasteiger partial charge in [0.15, 0.2) is 5.25 Å². The number of hydrogen-bond donors (Lipinski definition) is 0. The van der Waals surface area contributed by atoms with Crippen LogP contribution in [0.2, 0.25) is 0 Å². The van der Waals surface area contributed by atoms with Gasteiger partial charge in [0, 0.05) is 0 Å². The molecule has 0 aromatic heterocycles. The topological polar surface area (TPSA) is 52.6 Å². The summed E-state index contributed by atoms with van der Waals surface area (Å²) in [6, 6.07) is 0. The minimum Gasteiger partial charge on any atom is -0.616 e. The Kier molecular flexibility index (Phi) is 3.89. The van der Waals surface area contributed by atoms with E-state index in [1.54, 1.807) is 4.90 Å². The molecule has 0 aromatic carbocycles. The van der Waals surface area contributed by atoms with E-state index in [0.29, 0.717) is 18.8 Å². The molecule has 1 aliphatic rings. The molecule has 0 spiro atoms. The fraction of sp³-hybridized carbons (Fsp3) is 0.900. The highest BCUT2D eigenvalue weighted by Gasteiger charge is 2.39. The molecule has 1 fully saturated rings. The summed E-state index contributed by atoms with van der Waals surface area (Å²) >= 11 is -0.795. The number of carbonyl (C=O) groups excluding carboxylic acids is 1. The maximum atomic E-state index is 11.5. The molecule has 0 bridgehead atoms. The average molecular weight is 233 g/mol. The summed E-state index contributed by atoms with van der Waals surface area (Å²) < 4.78 is 16.6. The summed E-state index contributed by atoms with van der Waals surface area (Å²) in [5.41, 5.74) is -0.452. The van der Waals surface area contributed by atoms with Crippen molar-refractivity contribution in [2.75, 3.05) is 18.8 Å². The largest absolute Gasteiger partial charge is 0.616 e. The minimum atomic E-state index is -0.795. The Labute approximate surface area is 94.1 Å². The van der Waals surface area contributed by atoms with Crippen LogP contribution < -0.4 is 0 Å². The van der Waals surface area contributed by atoms with E-state index >= 15 is 0 Å². The third kappa shape index (κ3) is 3.57. The molecule has 4 nitrogen and oxygen atoms in total. The van der Waals surface area contributed by atoms with Crippen LogP contribution in [-0.2, 0) is 15.9 Å². The van der Waals surface area contributed by atoms with Gasteiger partial charge in [-0.25, -0.2) is 4.79 Å². The van der Waals surface area contributed by atoms with Crippen LogP contribution in [0.3, 0.4) is 0 Å². The number of carbonyl (C=O) groups is 1. The molecule has 0 aromatic rings. The molecule has 1 aliphatic heterocycles. The molecular formula is C10H19NO3S. The molecule has 1 atom stereocenters. The molecule has 0 aliphatic carbocycles. The Bertz CT molecular complexity index is 233. The molecule has 0 N–H and O–H groups in total. The number of ether oxygens (including phenoxy) is 1. The van der Waals surface area contributed by atoms with Gasteiger partial charge in [0.05, 0.1) is 13.1 Å². The highest BCUT2D eigenvalue weighted by Crippen LogP contribution is 2.20. The van der Waals surface area contributed by atoms with Gasteiger partial charge < -0.3 is 9.29 Å². The lowest BCUT2D eigenvalue weighted by Gasteiger charge is -2.39. The van der Waals surface area contributed by atoms with Gasteiger partial charge in [0.25, 0.3) is 0 Å². The second-order valence-electron chi connectivity index (χ2n) is 4.68.